The molecule has 1 nitrogen and oxygen atoms in total. The van der Waals surface area contributed by atoms with Crippen molar-refractivity contribution in [1.82, 2.24) is 5.32 Å². The maximum Gasteiger partial charge on any atom is 0.285 e. The van der Waals surface area contributed by atoms with E-state index in [9.17, 15) is 8.78 Å². The van der Waals surface area contributed by atoms with Crippen molar-refractivity contribution >= 4 is 15.9 Å². The molecule has 0 aliphatic heterocycles. The van der Waals surface area contributed by atoms with E-state index in [1.54, 1.807) is 12.1 Å². The van der Waals surface area contributed by atoms with E-state index in [-0.39, 0.29) is 12.1 Å². The number of hydrogen-bond acceptors (Lipinski definition) is 1. The Morgan fingerprint density at radius 1 is 1.40 bits per heavy atom. The van der Waals surface area contributed by atoms with Crippen molar-refractivity contribution in [3.63, 3.8) is 0 Å². The zero-order chi connectivity index (χ0) is 10.9. The standard InChI is InChI=1S/C11H12BrF2N/c12-9-3-1-2-8(6-9)11(13,14)7-15-10-4-5-10/h1-3,6,10,15H,4-5,7H2. The van der Waals surface area contributed by atoms with E-state index in [1.807, 2.05) is 0 Å². The summed E-state index contributed by atoms with van der Waals surface area (Å²) in [5.74, 6) is -2.79. The molecule has 1 aliphatic carbocycles. The Morgan fingerprint density at radius 2 is 2.13 bits per heavy atom. The van der Waals surface area contributed by atoms with Crippen molar-refractivity contribution in [1.29, 1.82) is 0 Å². The zero-order valence-corrected chi connectivity index (χ0v) is 9.73. The minimum Gasteiger partial charge on any atom is -0.308 e. The van der Waals surface area contributed by atoms with Crippen molar-refractivity contribution < 1.29 is 8.78 Å². The Kier molecular flexibility index (Phi) is 3.07. The fourth-order valence-electron chi connectivity index (χ4n) is 1.38. The normalized spacial score (nSPS) is 16.7. The van der Waals surface area contributed by atoms with Crippen LogP contribution in [0.4, 0.5) is 8.78 Å². The van der Waals surface area contributed by atoms with Crippen molar-refractivity contribution in [2.45, 2.75) is 24.8 Å². The van der Waals surface area contributed by atoms with Gasteiger partial charge < -0.3 is 5.32 Å². The number of alkyl halides is 2. The maximum atomic E-state index is 13.6. The maximum absolute atomic E-state index is 13.6. The van der Waals surface area contributed by atoms with E-state index in [2.05, 4.69) is 21.2 Å². The molecule has 82 valence electrons. The lowest BCUT2D eigenvalue weighted by Gasteiger charge is -2.17. The smallest absolute Gasteiger partial charge is 0.285 e. The number of nitrogens with one attached hydrogen (secondary N) is 1. The number of hydrogen-bond donors (Lipinski definition) is 1. The second-order valence-corrected chi connectivity index (χ2v) is 4.79. The number of benzene rings is 1. The number of halogens is 3. The summed E-state index contributed by atoms with van der Waals surface area (Å²) in [4.78, 5) is 0. The quantitative estimate of drug-likeness (QED) is 0.889. The second kappa shape index (κ2) is 4.18. The van der Waals surface area contributed by atoms with Crippen LogP contribution >= 0.6 is 15.9 Å². The van der Waals surface area contributed by atoms with Crippen molar-refractivity contribution in [2.24, 2.45) is 0 Å². The monoisotopic (exact) mass is 275 g/mol. The molecular formula is C11H12BrF2N. The van der Waals surface area contributed by atoms with E-state index in [0.717, 1.165) is 12.8 Å². The lowest BCUT2D eigenvalue weighted by molar-refractivity contribution is -0.00354. The van der Waals surface area contributed by atoms with Gasteiger partial charge in [0.15, 0.2) is 0 Å². The lowest BCUT2D eigenvalue weighted by atomic mass is 10.1. The summed E-state index contributed by atoms with van der Waals surface area (Å²) >= 11 is 3.19. The van der Waals surface area contributed by atoms with E-state index in [4.69, 9.17) is 0 Å². The van der Waals surface area contributed by atoms with E-state index < -0.39 is 5.92 Å². The SMILES string of the molecule is FC(F)(CNC1CC1)c1cccc(Br)c1. The van der Waals surface area contributed by atoms with Gasteiger partial charge in [-0.3, -0.25) is 0 Å². The topological polar surface area (TPSA) is 12.0 Å². The molecule has 0 saturated heterocycles. The zero-order valence-electron chi connectivity index (χ0n) is 8.14. The fourth-order valence-corrected chi connectivity index (χ4v) is 1.78. The molecule has 1 aliphatic rings. The predicted octanol–water partition coefficient (Wildman–Crippen LogP) is 3.29. The summed E-state index contributed by atoms with van der Waals surface area (Å²) in [6, 6.07) is 6.61. The van der Waals surface area contributed by atoms with Gasteiger partial charge in [0, 0.05) is 16.1 Å². The summed E-state index contributed by atoms with van der Waals surface area (Å²) in [6.07, 6.45) is 2.04. The highest BCUT2D eigenvalue weighted by atomic mass is 79.9. The van der Waals surface area contributed by atoms with Gasteiger partial charge in [0.05, 0.1) is 6.54 Å². The third-order valence-corrected chi connectivity index (χ3v) is 2.93. The summed E-state index contributed by atoms with van der Waals surface area (Å²) in [6.45, 7) is -0.270. The highest BCUT2D eigenvalue weighted by Crippen LogP contribution is 2.30. The van der Waals surface area contributed by atoms with Crippen LogP contribution in [0.5, 0.6) is 0 Å². The summed E-state index contributed by atoms with van der Waals surface area (Å²) in [5, 5.41) is 2.85. The molecule has 1 fully saturated rings. The van der Waals surface area contributed by atoms with Gasteiger partial charge in [-0.2, -0.15) is 8.78 Å². The Hall–Kier alpha value is -0.480. The van der Waals surface area contributed by atoms with Crippen LogP contribution in [0.25, 0.3) is 0 Å². The Morgan fingerprint density at radius 3 is 2.73 bits per heavy atom. The molecule has 1 aromatic carbocycles. The van der Waals surface area contributed by atoms with Gasteiger partial charge in [-0.05, 0) is 25.0 Å². The molecule has 15 heavy (non-hydrogen) atoms. The molecular weight excluding hydrogens is 264 g/mol. The molecule has 1 N–H and O–H groups in total. The molecule has 4 heteroatoms. The van der Waals surface area contributed by atoms with Gasteiger partial charge in [-0.15, -0.1) is 0 Å². The molecule has 0 spiro atoms. The molecule has 0 atom stereocenters. The molecule has 0 heterocycles. The van der Waals surface area contributed by atoms with Crippen LogP contribution in [0.3, 0.4) is 0 Å². The van der Waals surface area contributed by atoms with Gasteiger partial charge in [-0.25, -0.2) is 0 Å². The molecule has 0 aromatic heterocycles. The van der Waals surface area contributed by atoms with Crippen LogP contribution < -0.4 is 5.32 Å². The van der Waals surface area contributed by atoms with Crippen LogP contribution in [0.1, 0.15) is 18.4 Å². The fraction of sp³-hybridized carbons (Fsp3) is 0.455. The minimum atomic E-state index is -2.79. The molecule has 1 saturated carbocycles. The summed E-state index contributed by atoms with van der Waals surface area (Å²) in [7, 11) is 0. The highest BCUT2D eigenvalue weighted by molar-refractivity contribution is 9.10. The second-order valence-electron chi connectivity index (χ2n) is 3.87. The van der Waals surface area contributed by atoms with Gasteiger partial charge >= 0.3 is 0 Å². The van der Waals surface area contributed by atoms with E-state index >= 15 is 0 Å². The largest absolute Gasteiger partial charge is 0.308 e. The summed E-state index contributed by atoms with van der Waals surface area (Å²) < 4.78 is 28.0. The Balaban J connectivity index is 2.05. The van der Waals surface area contributed by atoms with Gasteiger partial charge in [0.2, 0.25) is 0 Å². The van der Waals surface area contributed by atoms with Gasteiger partial charge in [-0.1, -0.05) is 28.1 Å². The minimum absolute atomic E-state index is 0.0602. The van der Waals surface area contributed by atoms with Gasteiger partial charge in [0.1, 0.15) is 0 Å². The highest BCUT2D eigenvalue weighted by Gasteiger charge is 2.33. The number of rotatable bonds is 4. The van der Waals surface area contributed by atoms with Crippen LogP contribution in [0, 0.1) is 0 Å². The third kappa shape index (κ3) is 2.98. The van der Waals surface area contributed by atoms with Crippen molar-refractivity contribution in [3.8, 4) is 0 Å². The van der Waals surface area contributed by atoms with Crippen LogP contribution in [0.2, 0.25) is 0 Å². The van der Waals surface area contributed by atoms with Crippen LogP contribution in [-0.2, 0) is 5.92 Å². The van der Waals surface area contributed by atoms with Crippen molar-refractivity contribution in [2.75, 3.05) is 6.54 Å². The molecule has 0 radical (unpaired) electrons. The molecule has 1 aromatic rings. The Bertz CT molecular complexity index is 350. The van der Waals surface area contributed by atoms with E-state index in [1.165, 1.54) is 12.1 Å². The molecule has 0 bridgehead atoms. The van der Waals surface area contributed by atoms with Crippen LogP contribution in [-0.4, -0.2) is 12.6 Å². The first-order valence-electron chi connectivity index (χ1n) is 4.95. The first kappa shape index (κ1) is 11.0. The molecule has 0 unspecified atom stereocenters. The van der Waals surface area contributed by atoms with Crippen molar-refractivity contribution in [3.05, 3.63) is 34.3 Å². The van der Waals surface area contributed by atoms with Crippen LogP contribution in [0.15, 0.2) is 28.7 Å². The molecule has 0 amide bonds. The first-order chi connectivity index (χ1) is 7.08. The average Bonchev–Trinajstić information content (AvgIpc) is 2.98. The first-order valence-corrected chi connectivity index (χ1v) is 5.74. The lowest BCUT2D eigenvalue weighted by Crippen LogP contribution is -2.32. The average molecular weight is 276 g/mol. The predicted molar refractivity (Wildman–Crippen MR) is 59.1 cm³/mol. The Labute approximate surface area is 96.0 Å². The summed E-state index contributed by atoms with van der Waals surface area (Å²) in [5.41, 5.74) is 0.0602. The van der Waals surface area contributed by atoms with E-state index in [0.29, 0.717) is 10.5 Å². The third-order valence-electron chi connectivity index (χ3n) is 2.44. The molecule has 2 rings (SSSR count). The van der Waals surface area contributed by atoms with Gasteiger partial charge in [0.25, 0.3) is 5.92 Å².